The zero-order valence-electron chi connectivity index (χ0n) is 9.90. The molecule has 1 unspecified atom stereocenters. The summed E-state index contributed by atoms with van der Waals surface area (Å²) in [5.41, 5.74) is 0.436. The molecule has 1 rings (SSSR count). The summed E-state index contributed by atoms with van der Waals surface area (Å²) in [6, 6.07) is 4.98. The Bertz CT molecular complexity index is 339. The molecule has 0 saturated carbocycles. The third-order valence-corrected chi connectivity index (χ3v) is 2.14. The van der Waals surface area contributed by atoms with Crippen LogP contribution < -0.4 is 10.1 Å². The standard InChI is InChI=1S/C12H19NO3/c1-8(2)16-11-6-4-5-9(14)12(11)10(15)7-13-3/h4-6,8,10,13-15H,7H2,1-3H3. The number of aliphatic hydroxyl groups is 1. The SMILES string of the molecule is CNCC(O)c1c(O)cccc1OC(C)C. The molecule has 0 saturated heterocycles. The van der Waals surface area contributed by atoms with Gasteiger partial charge in [-0.1, -0.05) is 6.07 Å². The summed E-state index contributed by atoms with van der Waals surface area (Å²) in [5.74, 6) is 0.582. The van der Waals surface area contributed by atoms with Crippen molar-refractivity contribution in [2.75, 3.05) is 13.6 Å². The molecule has 4 nitrogen and oxygen atoms in total. The third kappa shape index (κ3) is 3.12. The van der Waals surface area contributed by atoms with Gasteiger partial charge < -0.3 is 20.3 Å². The van der Waals surface area contributed by atoms with Crippen LogP contribution in [0.5, 0.6) is 11.5 Å². The molecule has 0 amide bonds. The Morgan fingerprint density at radius 2 is 2.06 bits per heavy atom. The minimum absolute atomic E-state index is 0.00216. The van der Waals surface area contributed by atoms with Crippen molar-refractivity contribution >= 4 is 0 Å². The first kappa shape index (κ1) is 12.8. The lowest BCUT2D eigenvalue weighted by molar-refractivity contribution is 0.161. The van der Waals surface area contributed by atoms with Crippen LogP contribution >= 0.6 is 0 Å². The fourth-order valence-electron chi connectivity index (χ4n) is 1.52. The van der Waals surface area contributed by atoms with Gasteiger partial charge >= 0.3 is 0 Å². The van der Waals surface area contributed by atoms with Gasteiger partial charge in [0.1, 0.15) is 11.5 Å². The van der Waals surface area contributed by atoms with Crippen molar-refractivity contribution in [1.29, 1.82) is 0 Å². The average molecular weight is 225 g/mol. The first-order chi connectivity index (χ1) is 7.56. The third-order valence-electron chi connectivity index (χ3n) is 2.14. The normalized spacial score (nSPS) is 12.8. The summed E-state index contributed by atoms with van der Waals surface area (Å²) < 4.78 is 5.55. The number of rotatable bonds is 5. The highest BCUT2D eigenvalue weighted by molar-refractivity contribution is 5.45. The number of phenolic OH excluding ortho intramolecular Hbond substituents is 1. The Hall–Kier alpha value is -1.26. The second kappa shape index (κ2) is 5.72. The molecule has 16 heavy (non-hydrogen) atoms. The number of ether oxygens (including phenoxy) is 1. The predicted molar refractivity (Wildman–Crippen MR) is 62.8 cm³/mol. The zero-order valence-corrected chi connectivity index (χ0v) is 9.90. The van der Waals surface area contributed by atoms with E-state index in [9.17, 15) is 10.2 Å². The highest BCUT2D eigenvalue weighted by atomic mass is 16.5. The van der Waals surface area contributed by atoms with Crippen LogP contribution in [-0.4, -0.2) is 29.9 Å². The molecule has 1 aromatic carbocycles. The number of hydrogen-bond acceptors (Lipinski definition) is 4. The molecule has 0 bridgehead atoms. The Kier molecular flexibility index (Phi) is 4.58. The van der Waals surface area contributed by atoms with E-state index < -0.39 is 6.10 Å². The van der Waals surface area contributed by atoms with Crippen molar-refractivity contribution in [3.05, 3.63) is 23.8 Å². The van der Waals surface area contributed by atoms with Crippen LogP contribution in [0.3, 0.4) is 0 Å². The number of likely N-dealkylation sites (N-methyl/N-ethyl adjacent to an activating group) is 1. The van der Waals surface area contributed by atoms with E-state index in [1.807, 2.05) is 13.8 Å². The molecule has 0 aromatic heterocycles. The van der Waals surface area contributed by atoms with E-state index in [0.717, 1.165) is 0 Å². The number of benzene rings is 1. The smallest absolute Gasteiger partial charge is 0.129 e. The van der Waals surface area contributed by atoms with Crippen LogP contribution in [0.2, 0.25) is 0 Å². The van der Waals surface area contributed by atoms with Gasteiger partial charge in [-0.2, -0.15) is 0 Å². The minimum atomic E-state index is -0.778. The summed E-state index contributed by atoms with van der Waals surface area (Å²) in [5, 5.41) is 22.5. The van der Waals surface area contributed by atoms with Crippen LogP contribution in [0.4, 0.5) is 0 Å². The van der Waals surface area contributed by atoms with Gasteiger partial charge in [-0.15, -0.1) is 0 Å². The van der Waals surface area contributed by atoms with Gasteiger partial charge in [-0.25, -0.2) is 0 Å². The van der Waals surface area contributed by atoms with E-state index in [0.29, 0.717) is 17.9 Å². The average Bonchev–Trinajstić information content (AvgIpc) is 2.16. The van der Waals surface area contributed by atoms with Crippen molar-refractivity contribution in [3.8, 4) is 11.5 Å². The van der Waals surface area contributed by atoms with Crippen molar-refractivity contribution in [2.24, 2.45) is 0 Å². The Labute approximate surface area is 95.9 Å². The van der Waals surface area contributed by atoms with Gasteiger partial charge in [0.05, 0.1) is 17.8 Å². The van der Waals surface area contributed by atoms with Crippen molar-refractivity contribution < 1.29 is 14.9 Å². The lowest BCUT2D eigenvalue weighted by Crippen LogP contribution is -2.18. The molecular formula is C12H19NO3. The minimum Gasteiger partial charge on any atom is -0.507 e. The first-order valence-electron chi connectivity index (χ1n) is 5.37. The molecule has 0 radical (unpaired) electrons. The second-order valence-corrected chi connectivity index (χ2v) is 3.93. The van der Waals surface area contributed by atoms with E-state index >= 15 is 0 Å². The highest BCUT2D eigenvalue weighted by Crippen LogP contribution is 2.33. The van der Waals surface area contributed by atoms with E-state index in [2.05, 4.69) is 5.32 Å². The zero-order chi connectivity index (χ0) is 12.1. The van der Waals surface area contributed by atoms with E-state index in [1.165, 1.54) is 0 Å². The summed E-state index contributed by atoms with van der Waals surface area (Å²) in [6.45, 7) is 4.17. The molecule has 4 heteroatoms. The van der Waals surface area contributed by atoms with Gasteiger partial charge in [0, 0.05) is 6.54 Å². The quantitative estimate of drug-likeness (QED) is 0.709. The van der Waals surface area contributed by atoms with Crippen molar-refractivity contribution in [3.63, 3.8) is 0 Å². The second-order valence-electron chi connectivity index (χ2n) is 3.93. The van der Waals surface area contributed by atoms with Crippen LogP contribution in [0.15, 0.2) is 18.2 Å². The molecular weight excluding hydrogens is 206 g/mol. The maximum atomic E-state index is 9.89. The molecule has 0 fully saturated rings. The fourth-order valence-corrected chi connectivity index (χ4v) is 1.52. The largest absolute Gasteiger partial charge is 0.507 e. The summed E-state index contributed by atoms with van der Waals surface area (Å²) in [7, 11) is 1.74. The number of phenols is 1. The van der Waals surface area contributed by atoms with Crippen LogP contribution in [0.25, 0.3) is 0 Å². The lowest BCUT2D eigenvalue weighted by Gasteiger charge is -2.18. The number of hydrogen-bond donors (Lipinski definition) is 3. The Morgan fingerprint density at radius 1 is 1.38 bits per heavy atom. The van der Waals surface area contributed by atoms with Gasteiger partial charge in [-0.3, -0.25) is 0 Å². The highest BCUT2D eigenvalue weighted by Gasteiger charge is 2.17. The molecule has 0 heterocycles. The van der Waals surface area contributed by atoms with E-state index in [4.69, 9.17) is 4.74 Å². The molecule has 0 aliphatic heterocycles. The van der Waals surface area contributed by atoms with Gasteiger partial charge in [0.15, 0.2) is 0 Å². The van der Waals surface area contributed by atoms with Gasteiger partial charge in [-0.05, 0) is 33.0 Å². The maximum absolute atomic E-state index is 9.89. The topological polar surface area (TPSA) is 61.7 Å². The Balaban J connectivity index is 3.02. The summed E-state index contributed by atoms with van der Waals surface area (Å²) >= 11 is 0. The molecule has 0 aliphatic rings. The summed E-state index contributed by atoms with van der Waals surface area (Å²) in [4.78, 5) is 0. The Morgan fingerprint density at radius 3 is 2.62 bits per heavy atom. The van der Waals surface area contributed by atoms with Gasteiger partial charge in [0.2, 0.25) is 0 Å². The number of aromatic hydroxyl groups is 1. The molecule has 1 atom stereocenters. The van der Waals surface area contributed by atoms with Crippen molar-refractivity contribution in [1.82, 2.24) is 5.32 Å². The van der Waals surface area contributed by atoms with Gasteiger partial charge in [0.25, 0.3) is 0 Å². The van der Waals surface area contributed by atoms with E-state index in [-0.39, 0.29) is 11.9 Å². The van der Waals surface area contributed by atoms with E-state index in [1.54, 1.807) is 25.2 Å². The maximum Gasteiger partial charge on any atom is 0.129 e. The molecule has 0 aliphatic carbocycles. The number of aliphatic hydroxyl groups excluding tert-OH is 1. The molecule has 90 valence electrons. The lowest BCUT2D eigenvalue weighted by atomic mass is 10.1. The van der Waals surface area contributed by atoms with Crippen LogP contribution in [-0.2, 0) is 0 Å². The van der Waals surface area contributed by atoms with Crippen LogP contribution in [0, 0.1) is 0 Å². The predicted octanol–water partition coefficient (Wildman–Crippen LogP) is 1.43. The van der Waals surface area contributed by atoms with Crippen LogP contribution in [0.1, 0.15) is 25.5 Å². The molecule has 0 spiro atoms. The number of nitrogens with one attached hydrogen (secondary N) is 1. The van der Waals surface area contributed by atoms with Crippen molar-refractivity contribution in [2.45, 2.75) is 26.1 Å². The fraction of sp³-hybridized carbons (Fsp3) is 0.500. The molecule has 3 N–H and O–H groups in total. The molecule has 1 aromatic rings. The monoisotopic (exact) mass is 225 g/mol. The first-order valence-corrected chi connectivity index (χ1v) is 5.37. The summed E-state index contributed by atoms with van der Waals surface area (Å²) in [6.07, 6.45) is -0.776.